The Morgan fingerprint density at radius 3 is 2.70 bits per heavy atom. The van der Waals surface area contributed by atoms with Crippen LogP contribution in [0.25, 0.3) is 0 Å². The molecule has 10 heavy (non-hydrogen) atoms. The molecule has 0 aliphatic carbocycles. The van der Waals surface area contributed by atoms with Gasteiger partial charge in [-0.15, -0.1) is 5.10 Å². The monoisotopic (exact) mass is 142 g/mol. The molecular formula is C5H10N4O. The molecule has 0 amide bonds. The number of aromatic amines is 1. The topological polar surface area (TPSA) is 76.8 Å². The van der Waals surface area contributed by atoms with Crippen LogP contribution < -0.4 is 10.5 Å². The fourth-order valence-corrected chi connectivity index (χ4v) is 0.522. The van der Waals surface area contributed by atoms with Gasteiger partial charge in [-0.3, -0.25) is 0 Å². The average Bonchev–Trinajstić information content (AvgIpc) is 2.13. The number of nitrogens with zero attached hydrogens (tertiary/aromatic N) is 2. The van der Waals surface area contributed by atoms with E-state index in [2.05, 4.69) is 15.2 Å². The highest BCUT2D eigenvalue weighted by atomic mass is 16.5. The summed E-state index contributed by atoms with van der Waals surface area (Å²) >= 11 is 0. The van der Waals surface area contributed by atoms with E-state index in [0.717, 1.165) is 0 Å². The van der Waals surface area contributed by atoms with Gasteiger partial charge in [0.2, 0.25) is 5.95 Å². The maximum absolute atomic E-state index is 5.25. The Bertz CT molecular complexity index is 207. The smallest absolute Gasteiger partial charge is 0.337 e. The lowest BCUT2D eigenvalue weighted by atomic mass is 10.5. The van der Waals surface area contributed by atoms with E-state index in [4.69, 9.17) is 10.5 Å². The zero-order valence-corrected chi connectivity index (χ0v) is 5.96. The van der Waals surface area contributed by atoms with Crippen LogP contribution in [0.15, 0.2) is 0 Å². The van der Waals surface area contributed by atoms with Crippen molar-refractivity contribution in [1.29, 1.82) is 0 Å². The highest BCUT2D eigenvalue weighted by Gasteiger charge is 2.01. The van der Waals surface area contributed by atoms with Crippen LogP contribution >= 0.6 is 0 Å². The summed E-state index contributed by atoms with van der Waals surface area (Å²) in [5.41, 5.74) is 5.25. The van der Waals surface area contributed by atoms with E-state index in [1.165, 1.54) is 0 Å². The first-order chi connectivity index (χ1) is 4.68. The van der Waals surface area contributed by atoms with E-state index in [1.807, 2.05) is 13.8 Å². The molecule has 0 fully saturated rings. The van der Waals surface area contributed by atoms with Crippen molar-refractivity contribution in [2.45, 2.75) is 20.0 Å². The van der Waals surface area contributed by atoms with E-state index >= 15 is 0 Å². The van der Waals surface area contributed by atoms with Gasteiger partial charge in [0.25, 0.3) is 0 Å². The van der Waals surface area contributed by atoms with Gasteiger partial charge in [-0.25, -0.2) is 5.10 Å². The van der Waals surface area contributed by atoms with Gasteiger partial charge < -0.3 is 10.5 Å². The lowest BCUT2D eigenvalue weighted by molar-refractivity contribution is 0.223. The second kappa shape index (κ2) is 2.55. The van der Waals surface area contributed by atoms with Crippen LogP contribution in [-0.2, 0) is 0 Å². The molecule has 0 unspecified atom stereocenters. The Balaban J connectivity index is 2.58. The summed E-state index contributed by atoms with van der Waals surface area (Å²) in [6, 6.07) is 0.299. The summed E-state index contributed by atoms with van der Waals surface area (Å²) in [4.78, 5) is 3.74. The summed E-state index contributed by atoms with van der Waals surface area (Å²) < 4.78 is 5.10. The quantitative estimate of drug-likeness (QED) is 0.617. The van der Waals surface area contributed by atoms with Crippen molar-refractivity contribution < 1.29 is 4.74 Å². The van der Waals surface area contributed by atoms with Gasteiger partial charge in [0.15, 0.2) is 0 Å². The molecule has 0 atom stereocenters. The van der Waals surface area contributed by atoms with Gasteiger partial charge in [0.1, 0.15) is 0 Å². The van der Waals surface area contributed by atoms with Crippen molar-refractivity contribution in [1.82, 2.24) is 15.2 Å². The lowest BCUT2D eigenvalue weighted by Crippen LogP contribution is -2.06. The van der Waals surface area contributed by atoms with Crippen LogP contribution in [0, 0.1) is 0 Å². The van der Waals surface area contributed by atoms with E-state index in [0.29, 0.717) is 6.01 Å². The van der Waals surface area contributed by atoms with Crippen molar-refractivity contribution in [3.05, 3.63) is 0 Å². The number of nitrogens with one attached hydrogen (secondary N) is 1. The molecule has 0 aliphatic rings. The first-order valence-corrected chi connectivity index (χ1v) is 3.03. The second-order valence-corrected chi connectivity index (χ2v) is 2.17. The van der Waals surface area contributed by atoms with Crippen molar-refractivity contribution in [2.75, 3.05) is 5.73 Å². The van der Waals surface area contributed by atoms with E-state index in [1.54, 1.807) is 0 Å². The zero-order valence-electron chi connectivity index (χ0n) is 5.96. The minimum atomic E-state index is 0.0789. The molecule has 1 rings (SSSR count). The SMILES string of the molecule is CC(C)Oc1n[nH]c(N)n1. The van der Waals surface area contributed by atoms with Gasteiger partial charge in [0, 0.05) is 0 Å². The number of hydrogen-bond acceptors (Lipinski definition) is 4. The van der Waals surface area contributed by atoms with Crippen LogP contribution in [0.5, 0.6) is 6.01 Å². The fourth-order valence-electron chi connectivity index (χ4n) is 0.522. The predicted molar refractivity (Wildman–Crippen MR) is 36.6 cm³/mol. The lowest BCUT2D eigenvalue weighted by Gasteiger charge is -2.02. The molecule has 0 saturated carbocycles. The Labute approximate surface area is 58.6 Å². The second-order valence-electron chi connectivity index (χ2n) is 2.17. The van der Waals surface area contributed by atoms with Gasteiger partial charge in [0.05, 0.1) is 6.10 Å². The minimum Gasteiger partial charge on any atom is -0.460 e. The average molecular weight is 142 g/mol. The van der Waals surface area contributed by atoms with Crippen LogP contribution in [0.3, 0.4) is 0 Å². The number of nitrogen functional groups attached to an aromatic ring is 1. The molecule has 56 valence electrons. The van der Waals surface area contributed by atoms with Crippen LogP contribution in [0.4, 0.5) is 5.95 Å². The molecule has 0 aliphatic heterocycles. The first kappa shape index (κ1) is 6.85. The largest absolute Gasteiger partial charge is 0.460 e. The third-order valence-corrected chi connectivity index (χ3v) is 0.823. The predicted octanol–water partition coefficient (Wildman–Crippen LogP) is 0.174. The highest BCUT2D eigenvalue weighted by molar-refractivity contribution is 5.14. The van der Waals surface area contributed by atoms with Gasteiger partial charge in [-0.1, -0.05) is 0 Å². The molecule has 3 N–H and O–H groups in total. The molecule has 1 aromatic rings. The molecule has 0 aromatic carbocycles. The number of ether oxygens (including phenoxy) is 1. The van der Waals surface area contributed by atoms with E-state index < -0.39 is 0 Å². The van der Waals surface area contributed by atoms with Crippen LogP contribution in [0.2, 0.25) is 0 Å². The number of anilines is 1. The number of rotatable bonds is 2. The standard InChI is InChI=1S/C5H10N4O/c1-3(2)10-5-7-4(6)8-9-5/h3H,1-2H3,(H3,6,7,8,9). The van der Waals surface area contributed by atoms with Gasteiger partial charge >= 0.3 is 6.01 Å². The van der Waals surface area contributed by atoms with Crippen LogP contribution in [-0.4, -0.2) is 21.3 Å². The molecule has 1 aromatic heterocycles. The van der Waals surface area contributed by atoms with Gasteiger partial charge in [-0.2, -0.15) is 4.98 Å². The Kier molecular flexibility index (Phi) is 1.75. The summed E-state index contributed by atoms with van der Waals surface area (Å²) in [7, 11) is 0. The number of H-pyrrole nitrogens is 1. The third kappa shape index (κ3) is 1.61. The molecule has 0 saturated heterocycles. The first-order valence-electron chi connectivity index (χ1n) is 3.03. The van der Waals surface area contributed by atoms with Crippen LogP contribution in [0.1, 0.15) is 13.8 Å². The summed E-state index contributed by atoms with van der Waals surface area (Å²) in [6.45, 7) is 3.79. The number of nitrogens with two attached hydrogens (primary N) is 1. The third-order valence-electron chi connectivity index (χ3n) is 0.823. The highest BCUT2D eigenvalue weighted by Crippen LogP contribution is 2.03. The van der Waals surface area contributed by atoms with E-state index in [9.17, 15) is 0 Å². The van der Waals surface area contributed by atoms with Crippen molar-refractivity contribution in [3.63, 3.8) is 0 Å². The Morgan fingerprint density at radius 1 is 1.60 bits per heavy atom. The summed E-state index contributed by atoms with van der Waals surface area (Å²) in [6.07, 6.45) is 0.0789. The maximum Gasteiger partial charge on any atom is 0.337 e. The fraction of sp³-hybridized carbons (Fsp3) is 0.600. The van der Waals surface area contributed by atoms with Crippen molar-refractivity contribution >= 4 is 5.95 Å². The molecule has 0 spiro atoms. The van der Waals surface area contributed by atoms with Crippen molar-refractivity contribution in [2.24, 2.45) is 0 Å². The summed E-state index contributed by atoms with van der Waals surface area (Å²) in [5.74, 6) is 0.274. The zero-order chi connectivity index (χ0) is 7.56. The van der Waals surface area contributed by atoms with E-state index in [-0.39, 0.29) is 12.1 Å². The van der Waals surface area contributed by atoms with Crippen molar-refractivity contribution in [3.8, 4) is 6.01 Å². The molecular weight excluding hydrogens is 132 g/mol. The molecule has 0 radical (unpaired) electrons. The molecule has 5 nitrogen and oxygen atoms in total. The normalized spacial score (nSPS) is 10.3. The number of aromatic nitrogens is 3. The number of hydrogen-bond donors (Lipinski definition) is 2. The molecule has 0 bridgehead atoms. The minimum absolute atomic E-state index is 0.0789. The van der Waals surface area contributed by atoms with Gasteiger partial charge in [-0.05, 0) is 13.8 Å². The summed E-state index contributed by atoms with van der Waals surface area (Å²) in [5, 5.41) is 6.14. The maximum atomic E-state index is 5.25. The Morgan fingerprint density at radius 2 is 2.30 bits per heavy atom. The molecule has 5 heteroatoms. The Hall–Kier alpha value is -1.26. The molecule has 1 heterocycles.